The molecule has 3 heterocycles. The predicted octanol–water partition coefficient (Wildman–Crippen LogP) is 5.58. The van der Waals surface area contributed by atoms with E-state index in [0.717, 1.165) is 22.3 Å². The molecule has 0 amide bonds. The molecule has 0 atom stereocenters. The van der Waals surface area contributed by atoms with E-state index in [1.807, 2.05) is 12.1 Å². The van der Waals surface area contributed by atoms with Crippen molar-refractivity contribution in [2.24, 2.45) is 0 Å². The van der Waals surface area contributed by atoms with Crippen LogP contribution in [0, 0.1) is 11.6 Å². The largest absolute Gasteiger partial charge is 0.481 e. The molecule has 6 nitrogen and oxygen atoms in total. The molecule has 0 fully saturated rings. The average Bonchev–Trinajstić information content (AvgIpc) is 3.26. The van der Waals surface area contributed by atoms with Gasteiger partial charge in [-0.25, -0.2) is 18.4 Å². The number of aliphatic carboxylic acids is 1. The zero-order valence-corrected chi connectivity index (χ0v) is 17.8. The highest BCUT2D eigenvalue weighted by molar-refractivity contribution is 6.06. The Morgan fingerprint density at radius 1 is 0.824 bits per heavy atom. The van der Waals surface area contributed by atoms with E-state index in [1.165, 1.54) is 24.3 Å². The summed E-state index contributed by atoms with van der Waals surface area (Å²) in [7, 11) is 0. The molecule has 168 valence electrons. The first-order chi connectivity index (χ1) is 16.5. The van der Waals surface area contributed by atoms with E-state index in [0.29, 0.717) is 22.3 Å². The lowest BCUT2D eigenvalue weighted by Crippen LogP contribution is -2.07. The van der Waals surface area contributed by atoms with E-state index < -0.39 is 5.97 Å². The molecule has 0 radical (unpaired) electrons. The number of rotatable bonds is 6. The summed E-state index contributed by atoms with van der Waals surface area (Å²) in [6.07, 6.45) is 4.85. The van der Waals surface area contributed by atoms with E-state index in [1.54, 1.807) is 47.5 Å². The van der Waals surface area contributed by atoms with Gasteiger partial charge in [0.05, 0.1) is 24.9 Å². The van der Waals surface area contributed by atoms with Crippen LogP contribution in [0.3, 0.4) is 0 Å². The summed E-state index contributed by atoms with van der Waals surface area (Å²) in [5.41, 5.74) is 4.79. The first-order valence-corrected chi connectivity index (χ1v) is 10.5. The average molecular weight is 456 g/mol. The molecule has 3 aromatic heterocycles. The van der Waals surface area contributed by atoms with Gasteiger partial charge in [0.25, 0.3) is 0 Å². The number of carbonyl (C=O) groups is 1. The molecular weight excluding hydrogens is 438 g/mol. The second-order valence-electron chi connectivity index (χ2n) is 7.71. The summed E-state index contributed by atoms with van der Waals surface area (Å²) in [6.45, 7) is 0.131. The van der Waals surface area contributed by atoms with Gasteiger partial charge in [-0.15, -0.1) is 0 Å². The summed E-state index contributed by atoms with van der Waals surface area (Å²) in [4.78, 5) is 20.2. The van der Waals surface area contributed by atoms with Crippen LogP contribution in [0.2, 0.25) is 0 Å². The molecule has 0 bridgehead atoms. The van der Waals surface area contributed by atoms with Crippen molar-refractivity contribution in [3.63, 3.8) is 0 Å². The number of aryl methyl sites for hydroxylation is 1. The number of aromatic nitrogens is 4. The van der Waals surface area contributed by atoms with Crippen LogP contribution in [0.1, 0.15) is 6.42 Å². The molecule has 1 N–H and O–H groups in total. The van der Waals surface area contributed by atoms with Crippen molar-refractivity contribution in [2.75, 3.05) is 0 Å². The molecule has 8 heteroatoms. The first-order valence-electron chi connectivity index (χ1n) is 10.5. The van der Waals surface area contributed by atoms with Crippen molar-refractivity contribution in [3.05, 3.63) is 90.9 Å². The normalized spacial score (nSPS) is 11.1. The molecule has 0 aliphatic carbocycles. The number of carboxylic acids is 1. The Morgan fingerprint density at radius 3 is 2.03 bits per heavy atom. The summed E-state index contributed by atoms with van der Waals surface area (Å²) < 4.78 is 29.0. The second kappa shape index (κ2) is 8.82. The van der Waals surface area contributed by atoms with E-state index >= 15 is 0 Å². The number of benzene rings is 2. The third-order valence-corrected chi connectivity index (χ3v) is 5.54. The Morgan fingerprint density at radius 2 is 1.41 bits per heavy atom. The van der Waals surface area contributed by atoms with Crippen LogP contribution in [0.4, 0.5) is 8.78 Å². The Bertz CT molecular complexity index is 1480. The molecule has 0 spiro atoms. The number of nitrogens with zero attached hydrogens (tertiary/aromatic N) is 4. The van der Waals surface area contributed by atoms with E-state index in [-0.39, 0.29) is 24.6 Å². The van der Waals surface area contributed by atoms with E-state index in [4.69, 9.17) is 10.1 Å². The van der Waals surface area contributed by atoms with Gasteiger partial charge < -0.3 is 5.11 Å². The summed E-state index contributed by atoms with van der Waals surface area (Å²) >= 11 is 0. The Labute approximate surface area is 193 Å². The molecule has 0 saturated heterocycles. The molecular formula is C26H18F2N4O2. The lowest BCUT2D eigenvalue weighted by Gasteiger charge is -2.17. The van der Waals surface area contributed by atoms with Crippen LogP contribution in [0.15, 0.2) is 79.3 Å². The maximum atomic E-state index is 13.8. The van der Waals surface area contributed by atoms with Gasteiger partial charge in [0.15, 0.2) is 5.65 Å². The number of hydrogen-bond acceptors (Lipinski definition) is 4. The van der Waals surface area contributed by atoms with Crippen LogP contribution in [0.5, 0.6) is 0 Å². The van der Waals surface area contributed by atoms with Gasteiger partial charge >= 0.3 is 5.97 Å². The summed E-state index contributed by atoms with van der Waals surface area (Å²) in [6, 6.07) is 15.8. The van der Waals surface area contributed by atoms with Crippen LogP contribution in [0.25, 0.3) is 44.5 Å². The summed E-state index contributed by atoms with van der Waals surface area (Å²) in [5.74, 6) is -1.69. The summed E-state index contributed by atoms with van der Waals surface area (Å²) in [5, 5.41) is 14.2. The number of carboxylic acid groups (broad SMARTS) is 1. The fraction of sp³-hybridized carbons (Fsp3) is 0.0769. The molecule has 5 rings (SSSR count). The van der Waals surface area contributed by atoms with Gasteiger partial charge in [0.2, 0.25) is 0 Å². The molecule has 0 saturated carbocycles. The highest BCUT2D eigenvalue weighted by atomic mass is 19.1. The third kappa shape index (κ3) is 4.01. The zero-order valence-electron chi connectivity index (χ0n) is 17.8. The third-order valence-electron chi connectivity index (χ3n) is 5.54. The molecule has 2 aromatic carbocycles. The van der Waals surface area contributed by atoms with Crippen LogP contribution in [-0.4, -0.2) is 30.8 Å². The molecule has 0 unspecified atom stereocenters. The van der Waals surface area contributed by atoms with Crippen LogP contribution < -0.4 is 0 Å². The maximum absolute atomic E-state index is 13.8. The Hall–Kier alpha value is -4.46. The molecule has 5 aromatic rings. The van der Waals surface area contributed by atoms with Gasteiger partial charge in [0.1, 0.15) is 11.6 Å². The van der Waals surface area contributed by atoms with Gasteiger partial charge in [-0.05, 0) is 59.7 Å². The second-order valence-corrected chi connectivity index (χ2v) is 7.71. The molecule has 0 aliphatic heterocycles. The molecule has 34 heavy (non-hydrogen) atoms. The number of pyridine rings is 2. The fourth-order valence-corrected chi connectivity index (χ4v) is 3.99. The number of hydrogen-bond donors (Lipinski definition) is 1. The van der Waals surface area contributed by atoms with E-state index in [2.05, 4.69) is 10.1 Å². The minimum Gasteiger partial charge on any atom is -0.481 e. The highest BCUT2D eigenvalue weighted by Crippen LogP contribution is 2.43. The minimum atomic E-state index is -0.949. The monoisotopic (exact) mass is 456 g/mol. The lowest BCUT2D eigenvalue weighted by molar-refractivity contribution is -0.137. The van der Waals surface area contributed by atoms with Crippen molar-refractivity contribution in [2.45, 2.75) is 13.0 Å². The maximum Gasteiger partial charge on any atom is 0.305 e. The van der Waals surface area contributed by atoms with Crippen LogP contribution in [-0.2, 0) is 11.3 Å². The van der Waals surface area contributed by atoms with Crippen molar-refractivity contribution in [1.82, 2.24) is 19.7 Å². The van der Waals surface area contributed by atoms with Crippen molar-refractivity contribution in [3.8, 4) is 33.5 Å². The minimum absolute atomic E-state index is 0.123. The van der Waals surface area contributed by atoms with Crippen molar-refractivity contribution >= 4 is 17.0 Å². The van der Waals surface area contributed by atoms with Crippen molar-refractivity contribution in [1.29, 1.82) is 0 Å². The van der Waals surface area contributed by atoms with Crippen molar-refractivity contribution < 1.29 is 18.7 Å². The van der Waals surface area contributed by atoms with E-state index in [9.17, 15) is 13.6 Å². The molecule has 0 aliphatic rings. The first kappa shape index (κ1) is 21.4. The SMILES string of the molecule is O=C(O)CCn1ncc2c(-c3ccc(F)cc3)c(-c3ccncc3)c(-c3ccc(F)cc3)nc21. The quantitative estimate of drug-likeness (QED) is 0.361. The lowest BCUT2D eigenvalue weighted by atomic mass is 9.89. The van der Waals surface area contributed by atoms with Gasteiger partial charge in [-0.1, -0.05) is 12.1 Å². The van der Waals surface area contributed by atoms with Gasteiger partial charge in [-0.2, -0.15) is 5.10 Å². The Kier molecular flexibility index (Phi) is 5.55. The van der Waals surface area contributed by atoms with Gasteiger partial charge in [-0.3, -0.25) is 9.78 Å². The highest BCUT2D eigenvalue weighted by Gasteiger charge is 2.22. The standard InChI is InChI=1S/C26H18F2N4O2/c27-19-5-1-16(2-6-19)23-21-15-30-32(14-11-22(33)34)26(21)31-25(18-3-7-20(28)8-4-18)24(23)17-9-12-29-13-10-17/h1-10,12-13,15H,11,14H2,(H,33,34). The number of fused-ring (bicyclic) bond motifs is 1. The number of halogens is 2. The van der Waals surface area contributed by atoms with Gasteiger partial charge in [0, 0.05) is 34.5 Å². The zero-order chi connectivity index (χ0) is 23.7. The smallest absolute Gasteiger partial charge is 0.305 e. The predicted molar refractivity (Wildman–Crippen MR) is 124 cm³/mol. The fourth-order valence-electron chi connectivity index (χ4n) is 3.99. The topological polar surface area (TPSA) is 80.9 Å². The van der Waals surface area contributed by atoms with Crippen LogP contribution >= 0.6 is 0 Å². The Balaban J connectivity index is 1.88.